The van der Waals surface area contributed by atoms with Gasteiger partial charge in [-0.15, -0.1) is 0 Å². The molecule has 1 aliphatic heterocycles. The molecule has 7 nitrogen and oxygen atoms in total. The number of ether oxygens (including phenoxy) is 1. The van der Waals surface area contributed by atoms with E-state index in [1.165, 1.54) is 12.1 Å². The lowest BCUT2D eigenvalue weighted by Crippen LogP contribution is -2.39. The number of oxazole rings is 1. The van der Waals surface area contributed by atoms with Crippen LogP contribution in [0.25, 0.3) is 11.3 Å². The number of aromatic nitrogens is 2. The molecule has 1 fully saturated rings. The van der Waals surface area contributed by atoms with Gasteiger partial charge in [-0.25, -0.2) is 9.37 Å². The fourth-order valence-electron chi connectivity index (χ4n) is 4.23. The van der Waals surface area contributed by atoms with Gasteiger partial charge in [0.1, 0.15) is 23.0 Å². The molecule has 2 aromatic carbocycles. The third kappa shape index (κ3) is 4.57. The highest BCUT2D eigenvalue weighted by molar-refractivity contribution is 5.92. The molecular formula is C26H24FN3O4. The molecule has 0 radical (unpaired) electrons. The first-order chi connectivity index (χ1) is 16.6. The molecule has 4 aromatic rings. The Kier molecular flexibility index (Phi) is 6.12. The van der Waals surface area contributed by atoms with Gasteiger partial charge in [-0.05, 0) is 42.7 Å². The fraction of sp³-hybridized carbons (Fsp3) is 0.269. The van der Waals surface area contributed by atoms with Crippen LogP contribution in [0.5, 0.6) is 5.75 Å². The van der Waals surface area contributed by atoms with E-state index in [1.807, 2.05) is 24.3 Å². The monoisotopic (exact) mass is 461 g/mol. The number of carbonyl (C=O) groups is 1. The normalized spacial score (nSPS) is 15.9. The van der Waals surface area contributed by atoms with Gasteiger partial charge in [-0.3, -0.25) is 4.79 Å². The van der Waals surface area contributed by atoms with Crippen LogP contribution in [0.4, 0.5) is 4.39 Å². The summed E-state index contributed by atoms with van der Waals surface area (Å²) in [4.78, 5) is 19.2. The lowest BCUT2D eigenvalue weighted by Gasteiger charge is -2.30. The Morgan fingerprint density at radius 1 is 1.21 bits per heavy atom. The Hall–Kier alpha value is -3.94. The van der Waals surface area contributed by atoms with E-state index in [1.54, 1.807) is 36.4 Å². The highest BCUT2D eigenvalue weighted by Crippen LogP contribution is 2.29. The first-order valence-electron chi connectivity index (χ1n) is 11.2. The molecule has 1 aliphatic rings. The molecule has 0 aliphatic carbocycles. The lowest BCUT2D eigenvalue weighted by molar-refractivity contribution is 0.0656. The number of nitrogens with zero attached hydrogens (tertiary/aromatic N) is 3. The van der Waals surface area contributed by atoms with Crippen molar-refractivity contribution in [1.82, 2.24) is 15.0 Å². The fourth-order valence-corrected chi connectivity index (χ4v) is 4.23. The second-order valence-electron chi connectivity index (χ2n) is 8.34. The van der Waals surface area contributed by atoms with E-state index >= 15 is 0 Å². The quantitative estimate of drug-likeness (QED) is 0.398. The number of carbonyl (C=O) groups excluding carboxylic acids is 1. The number of methoxy groups -OCH3 is 1. The Morgan fingerprint density at radius 2 is 2.03 bits per heavy atom. The summed E-state index contributed by atoms with van der Waals surface area (Å²) in [5.74, 6) is 1.61. The Balaban J connectivity index is 1.25. The molecule has 0 spiro atoms. The van der Waals surface area contributed by atoms with Crippen LogP contribution in [0.1, 0.15) is 46.5 Å². The van der Waals surface area contributed by atoms with Crippen LogP contribution >= 0.6 is 0 Å². The predicted molar refractivity (Wildman–Crippen MR) is 122 cm³/mol. The Morgan fingerprint density at radius 3 is 2.82 bits per heavy atom. The topological polar surface area (TPSA) is 81.6 Å². The average molecular weight is 461 g/mol. The first kappa shape index (κ1) is 21.9. The smallest absolute Gasteiger partial charge is 0.292 e. The molecule has 1 amide bonds. The van der Waals surface area contributed by atoms with E-state index < -0.39 is 5.82 Å². The number of likely N-dealkylation sites (tertiary alicyclic amines) is 1. The van der Waals surface area contributed by atoms with Crippen molar-refractivity contribution in [3.63, 3.8) is 0 Å². The molecule has 1 atom stereocenters. The molecule has 8 heteroatoms. The summed E-state index contributed by atoms with van der Waals surface area (Å²) in [6.07, 6.45) is 4.07. The first-order valence-corrected chi connectivity index (χ1v) is 11.2. The van der Waals surface area contributed by atoms with E-state index in [2.05, 4.69) is 10.1 Å². The minimum Gasteiger partial charge on any atom is -0.497 e. The highest BCUT2D eigenvalue weighted by atomic mass is 19.1. The van der Waals surface area contributed by atoms with E-state index in [4.69, 9.17) is 13.7 Å². The number of rotatable bonds is 6. The van der Waals surface area contributed by atoms with Crippen LogP contribution in [0.3, 0.4) is 0 Å². The molecule has 0 bridgehead atoms. The van der Waals surface area contributed by atoms with E-state index in [0.29, 0.717) is 36.7 Å². The average Bonchev–Trinajstić information content (AvgIpc) is 3.55. The maximum Gasteiger partial charge on any atom is 0.292 e. The van der Waals surface area contributed by atoms with Crippen LogP contribution in [0.2, 0.25) is 0 Å². The van der Waals surface area contributed by atoms with Gasteiger partial charge >= 0.3 is 0 Å². The standard InChI is InChI=1S/C26H24FN3O4/c1-32-19-10-8-17(9-11-19)13-20-15-28-25(33-20)18-5-4-12-30(16-18)26(31)24-14-23(29-34-24)21-6-2-3-7-22(21)27/h2-3,6-11,14-15,18H,4-5,12-13,16H2,1H3/t18-/m1/s1. The summed E-state index contributed by atoms with van der Waals surface area (Å²) in [6.45, 7) is 1.07. The highest BCUT2D eigenvalue weighted by Gasteiger charge is 2.30. The maximum atomic E-state index is 14.1. The number of hydrogen-bond acceptors (Lipinski definition) is 6. The molecule has 5 rings (SSSR count). The molecular weight excluding hydrogens is 437 g/mol. The van der Waals surface area contributed by atoms with Crippen molar-refractivity contribution >= 4 is 5.91 Å². The van der Waals surface area contributed by atoms with Crippen molar-refractivity contribution in [2.75, 3.05) is 20.2 Å². The molecule has 174 valence electrons. The third-order valence-electron chi connectivity index (χ3n) is 6.04. The molecule has 34 heavy (non-hydrogen) atoms. The summed E-state index contributed by atoms with van der Waals surface area (Å²) >= 11 is 0. The maximum absolute atomic E-state index is 14.1. The summed E-state index contributed by atoms with van der Waals surface area (Å²) in [5, 5.41) is 3.89. The van der Waals surface area contributed by atoms with Crippen molar-refractivity contribution in [3.8, 4) is 17.0 Å². The molecule has 1 saturated heterocycles. The predicted octanol–water partition coefficient (Wildman–Crippen LogP) is 5.09. The van der Waals surface area contributed by atoms with Gasteiger partial charge in [0.05, 0.1) is 19.2 Å². The van der Waals surface area contributed by atoms with Gasteiger partial charge in [0.15, 0.2) is 5.89 Å². The van der Waals surface area contributed by atoms with Crippen LogP contribution in [-0.2, 0) is 6.42 Å². The second kappa shape index (κ2) is 9.51. The van der Waals surface area contributed by atoms with Gasteiger partial charge in [-0.1, -0.05) is 29.4 Å². The molecule has 0 unspecified atom stereocenters. The largest absolute Gasteiger partial charge is 0.497 e. The van der Waals surface area contributed by atoms with Crippen LogP contribution in [0, 0.1) is 5.82 Å². The van der Waals surface area contributed by atoms with Crippen molar-refractivity contribution < 1.29 is 22.9 Å². The number of halogens is 1. The summed E-state index contributed by atoms with van der Waals surface area (Å²) < 4.78 is 30.5. The van der Waals surface area contributed by atoms with E-state index in [-0.39, 0.29) is 17.6 Å². The Labute approximate surface area is 196 Å². The minimum absolute atomic E-state index is 0.00345. The van der Waals surface area contributed by atoms with Crippen molar-refractivity contribution in [2.45, 2.75) is 25.2 Å². The number of amides is 1. The van der Waals surface area contributed by atoms with Gasteiger partial charge in [0.25, 0.3) is 5.91 Å². The molecule has 0 N–H and O–H groups in total. The summed E-state index contributed by atoms with van der Waals surface area (Å²) in [7, 11) is 1.64. The second-order valence-corrected chi connectivity index (χ2v) is 8.34. The molecule has 0 saturated carbocycles. The third-order valence-corrected chi connectivity index (χ3v) is 6.04. The Bertz CT molecular complexity index is 1280. The van der Waals surface area contributed by atoms with Crippen LogP contribution in [-0.4, -0.2) is 41.1 Å². The van der Waals surface area contributed by atoms with Gasteiger partial charge < -0.3 is 18.6 Å². The van der Waals surface area contributed by atoms with Gasteiger partial charge in [0.2, 0.25) is 5.76 Å². The van der Waals surface area contributed by atoms with Crippen LogP contribution in [0.15, 0.2) is 69.7 Å². The number of piperidine rings is 1. The minimum atomic E-state index is -0.415. The zero-order valence-electron chi connectivity index (χ0n) is 18.7. The number of hydrogen-bond donors (Lipinski definition) is 0. The van der Waals surface area contributed by atoms with Gasteiger partial charge in [0, 0.05) is 31.1 Å². The van der Waals surface area contributed by atoms with Crippen molar-refractivity contribution in [1.29, 1.82) is 0 Å². The lowest BCUT2D eigenvalue weighted by atomic mass is 9.97. The zero-order chi connectivity index (χ0) is 23.5. The van der Waals surface area contributed by atoms with Crippen molar-refractivity contribution in [2.24, 2.45) is 0 Å². The van der Waals surface area contributed by atoms with Gasteiger partial charge in [-0.2, -0.15) is 0 Å². The zero-order valence-corrected chi connectivity index (χ0v) is 18.7. The SMILES string of the molecule is COc1ccc(Cc2cnc([C@@H]3CCCN(C(=O)c4cc(-c5ccccc5F)no4)C3)o2)cc1. The molecule has 2 aromatic heterocycles. The van der Waals surface area contributed by atoms with E-state index in [0.717, 1.165) is 29.9 Å². The molecule has 3 heterocycles. The summed E-state index contributed by atoms with van der Waals surface area (Å²) in [6, 6.07) is 15.6. The number of benzene rings is 2. The summed E-state index contributed by atoms with van der Waals surface area (Å²) in [5.41, 5.74) is 1.69. The van der Waals surface area contributed by atoms with Crippen molar-refractivity contribution in [3.05, 3.63) is 89.6 Å². The van der Waals surface area contributed by atoms with Crippen LogP contribution < -0.4 is 4.74 Å². The van der Waals surface area contributed by atoms with E-state index in [9.17, 15) is 9.18 Å².